The maximum absolute atomic E-state index is 14.9. The first kappa shape index (κ1) is 28.4. The number of sulfonamides is 1. The molecule has 0 saturated carbocycles. The average molecular weight is 571 g/mol. The number of nitriles is 1. The van der Waals surface area contributed by atoms with Gasteiger partial charge in [0.1, 0.15) is 17.6 Å². The van der Waals surface area contributed by atoms with Crippen LogP contribution in [0, 0.1) is 17.1 Å². The maximum atomic E-state index is 14.9. The SMILES string of the molecule is Cn1c(C(F)(F)F)cc(=O)n(-c2cc(N(C(=O)/C=C/c3ccccc3Cl)S(C)(=O)=O)c(C#N)cc2F)c1=O. The molecule has 0 aliphatic rings. The first-order chi connectivity index (χ1) is 17.6. The van der Waals surface area contributed by atoms with Crippen molar-refractivity contribution in [1.29, 1.82) is 5.26 Å². The van der Waals surface area contributed by atoms with Crippen LogP contribution >= 0.6 is 11.6 Å². The summed E-state index contributed by atoms with van der Waals surface area (Å²) < 4.78 is 79.8. The van der Waals surface area contributed by atoms with Crippen LogP contribution in [0.4, 0.5) is 23.2 Å². The molecular weight excluding hydrogens is 556 g/mol. The van der Waals surface area contributed by atoms with Crippen LogP contribution in [-0.2, 0) is 28.0 Å². The number of anilines is 1. The second-order valence-electron chi connectivity index (χ2n) is 7.70. The number of carbonyl (C=O) groups excluding carboxylic acids is 1. The molecule has 0 N–H and O–H groups in total. The lowest BCUT2D eigenvalue weighted by Gasteiger charge is -2.21. The van der Waals surface area contributed by atoms with E-state index in [-0.39, 0.29) is 24.5 Å². The molecule has 0 saturated heterocycles. The molecule has 0 fully saturated rings. The summed E-state index contributed by atoms with van der Waals surface area (Å²) in [4.78, 5) is 38.1. The summed E-state index contributed by atoms with van der Waals surface area (Å²) in [5.41, 5.74) is -6.93. The van der Waals surface area contributed by atoms with Gasteiger partial charge in [-0.05, 0) is 29.8 Å². The summed E-state index contributed by atoms with van der Waals surface area (Å²) in [5, 5.41) is 9.70. The molecule has 9 nitrogen and oxygen atoms in total. The Morgan fingerprint density at radius 3 is 2.34 bits per heavy atom. The highest BCUT2D eigenvalue weighted by Crippen LogP contribution is 2.30. The van der Waals surface area contributed by atoms with Gasteiger partial charge in [0.05, 0.1) is 23.2 Å². The van der Waals surface area contributed by atoms with Crippen LogP contribution in [0.5, 0.6) is 0 Å². The molecule has 0 radical (unpaired) electrons. The van der Waals surface area contributed by atoms with Crippen LogP contribution < -0.4 is 15.6 Å². The number of hydrogen-bond acceptors (Lipinski definition) is 6. The summed E-state index contributed by atoms with van der Waals surface area (Å²) >= 11 is 6.02. The van der Waals surface area contributed by atoms with Gasteiger partial charge in [-0.15, -0.1) is 0 Å². The zero-order chi connectivity index (χ0) is 28.6. The summed E-state index contributed by atoms with van der Waals surface area (Å²) in [7, 11) is -3.83. The van der Waals surface area contributed by atoms with Crippen molar-refractivity contribution in [2.45, 2.75) is 6.18 Å². The predicted octanol–water partition coefficient (Wildman–Crippen LogP) is 3.23. The van der Waals surface area contributed by atoms with Crippen molar-refractivity contribution in [3.63, 3.8) is 0 Å². The second kappa shape index (κ2) is 10.3. The highest BCUT2D eigenvalue weighted by molar-refractivity contribution is 7.92. The molecule has 15 heteroatoms. The lowest BCUT2D eigenvalue weighted by molar-refractivity contribution is -0.144. The van der Waals surface area contributed by atoms with Gasteiger partial charge < -0.3 is 0 Å². The highest BCUT2D eigenvalue weighted by atomic mass is 35.5. The molecule has 0 bridgehead atoms. The number of rotatable bonds is 5. The average Bonchev–Trinajstić information content (AvgIpc) is 2.81. The molecule has 38 heavy (non-hydrogen) atoms. The van der Waals surface area contributed by atoms with E-state index < -0.39 is 61.8 Å². The fraction of sp³-hybridized carbons (Fsp3) is 0.130. The van der Waals surface area contributed by atoms with E-state index in [0.29, 0.717) is 31.0 Å². The monoisotopic (exact) mass is 570 g/mol. The van der Waals surface area contributed by atoms with Gasteiger partial charge in [-0.25, -0.2) is 26.5 Å². The first-order valence-corrected chi connectivity index (χ1v) is 12.4. The van der Waals surface area contributed by atoms with Gasteiger partial charge in [-0.1, -0.05) is 29.8 Å². The van der Waals surface area contributed by atoms with Crippen LogP contribution in [0.15, 0.2) is 58.1 Å². The van der Waals surface area contributed by atoms with Crippen LogP contribution in [0.25, 0.3) is 11.8 Å². The lowest BCUT2D eigenvalue weighted by atomic mass is 10.1. The van der Waals surface area contributed by atoms with E-state index in [1.165, 1.54) is 24.3 Å². The van der Waals surface area contributed by atoms with Gasteiger partial charge in [0.15, 0.2) is 0 Å². The van der Waals surface area contributed by atoms with E-state index in [4.69, 9.17) is 11.6 Å². The highest BCUT2D eigenvalue weighted by Gasteiger charge is 2.35. The first-order valence-electron chi connectivity index (χ1n) is 10.2. The third kappa shape index (κ3) is 5.53. The Bertz CT molecular complexity index is 1760. The number of amides is 1. The van der Waals surface area contributed by atoms with Crippen molar-refractivity contribution in [2.75, 3.05) is 10.6 Å². The van der Waals surface area contributed by atoms with Crippen molar-refractivity contribution in [2.24, 2.45) is 7.05 Å². The molecular formula is C23H15ClF4N4O5S. The third-order valence-electron chi connectivity index (χ3n) is 5.10. The van der Waals surface area contributed by atoms with Gasteiger partial charge in [-0.3, -0.25) is 14.2 Å². The number of aromatic nitrogens is 2. The Morgan fingerprint density at radius 2 is 1.79 bits per heavy atom. The van der Waals surface area contributed by atoms with E-state index in [2.05, 4.69) is 0 Å². The van der Waals surface area contributed by atoms with E-state index in [1.54, 1.807) is 12.1 Å². The minimum Gasteiger partial charge on any atom is -0.292 e. The van der Waals surface area contributed by atoms with Crippen molar-refractivity contribution >= 4 is 39.3 Å². The van der Waals surface area contributed by atoms with Gasteiger partial charge in [0.25, 0.3) is 11.5 Å². The van der Waals surface area contributed by atoms with Gasteiger partial charge in [0, 0.05) is 24.2 Å². The Hall–Kier alpha value is -4.22. The zero-order valence-corrected chi connectivity index (χ0v) is 20.9. The predicted molar refractivity (Wildman–Crippen MR) is 130 cm³/mol. The Kier molecular flexibility index (Phi) is 7.66. The van der Waals surface area contributed by atoms with Gasteiger partial charge in [0.2, 0.25) is 10.0 Å². The Balaban J connectivity index is 2.28. The van der Waals surface area contributed by atoms with Gasteiger partial charge in [-0.2, -0.15) is 18.4 Å². The quantitative estimate of drug-likeness (QED) is 0.343. The lowest BCUT2D eigenvalue weighted by Crippen LogP contribution is -2.41. The van der Waals surface area contributed by atoms with E-state index in [0.717, 1.165) is 6.08 Å². The number of benzene rings is 2. The summed E-state index contributed by atoms with van der Waals surface area (Å²) in [6, 6.07) is 8.75. The summed E-state index contributed by atoms with van der Waals surface area (Å²) in [6.07, 6.45) is -2.51. The molecule has 3 rings (SSSR count). The van der Waals surface area contributed by atoms with Crippen molar-refractivity contribution in [3.05, 3.63) is 97.0 Å². The van der Waals surface area contributed by atoms with Crippen molar-refractivity contribution < 1.29 is 30.8 Å². The molecule has 0 atom stereocenters. The number of alkyl halides is 3. The summed E-state index contributed by atoms with van der Waals surface area (Å²) in [5.74, 6) is -2.66. The molecule has 1 amide bonds. The van der Waals surface area contributed by atoms with Gasteiger partial charge >= 0.3 is 11.9 Å². The molecule has 0 aliphatic heterocycles. The molecule has 3 aromatic rings. The molecule has 0 unspecified atom stereocenters. The molecule has 0 spiro atoms. The van der Waals surface area contributed by atoms with E-state index in [1.807, 2.05) is 0 Å². The minimum absolute atomic E-state index is 0.0136. The third-order valence-corrected chi connectivity index (χ3v) is 6.48. The van der Waals surface area contributed by atoms with E-state index in [9.17, 15) is 45.6 Å². The fourth-order valence-corrected chi connectivity index (χ4v) is 4.49. The zero-order valence-electron chi connectivity index (χ0n) is 19.3. The van der Waals surface area contributed by atoms with Crippen molar-refractivity contribution in [3.8, 4) is 11.8 Å². The Morgan fingerprint density at radius 1 is 1.16 bits per heavy atom. The summed E-state index contributed by atoms with van der Waals surface area (Å²) in [6.45, 7) is 0. The normalized spacial score (nSPS) is 11.9. The molecule has 2 aromatic carbocycles. The van der Waals surface area contributed by atoms with Crippen LogP contribution in [0.1, 0.15) is 16.8 Å². The van der Waals surface area contributed by atoms with E-state index >= 15 is 0 Å². The fourth-order valence-electron chi connectivity index (χ4n) is 3.40. The number of nitrogens with zero attached hydrogens (tertiary/aromatic N) is 4. The largest absolute Gasteiger partial charge is 0.431 e. The molecule has 1 aromatic heterocycles. The number of carbonyl (C=O) groups is 1. The standard InChI is InChI=1S/C23H15ClF4N4O5S/c1-30-19(23(26,27)28)11-21(34)31(22(30)35)18-10-17(14(12-29)9-16(18)25)32(38(2,36)37)20(33)8-7-13-5-3-4-6-15(13)24/h3-11H,1-2H3/b8-7+. The molecule has 0 aliphatic carbocycles. The smallest absolute Gasteiger partial charge is 0.292 e. The Labute approximate surface area is 217 Å². The van der Waals surface area contributed by atoms with Crippen molar-refractivity contribution in [1.82, 2.24) is 9.13 Å². The number of hydrogen-bond donors (Lipinski definition) is 0. The topological polar surface area (TPSA) is 122 Å². The maximum Gasteiger partial charge on any atom is 0.431 e. The minimum atomic E-state index is -5.09. The number of halogens is 5. The van der Waals surface area contributed by atoms with Crippen LogP contribution in [0.3, 0.4) is 0 Å². The molecule has 198 valence electrons. The van der Waals surface area contributed by atoms with Crippen LogP contribution in [0.2, 0.25) is 5.02 Å². The molecule has 1 heterocycles. The second-order valence-corrected chi connectivity index (χ2v) is 9.93. The van der Waals surface area contributed by atoms with Crippen LogP contribution in [-0.4, -0.2) is 29.7 Å².